The van der Waals surface area contributed by atoms with E-state index in [1.54, 1.807) is 30.6 Å². The molecule has 0 radical (unpaired) electrons. The second-order valence-corrected chi connectivity index (χ2v) is 5.25. The van der Waals surface area contributed by atoms with Crippen molar-refractivity contribution in [3.05, 3.63) is 57.9 Å². The smallest absolute Gasteiger partial charge is 0.313 e. The van der Waals surface area contributed by atoms with E-state index in [0.717, 1.165) is 9.13 Å². The molecule has 0 saturated carbocycles. The highest BCUT2D eigenvalue weighted by Gasteiger charge is 2.13. The van der Waals surface area contributed by atoms with Crippen LogP contribution in [0, 0.1) is 3.57 Å². The summed E-state index contributed by atoms with van der Waals surface area (Å²) >= 11 is 2.17. The second kappa shape index (κ2) is 6.99. The number of pyridine rings is 1. The molecule has 20 heavy (non-hydrogen) atoms. The fourth-order valence-electron chi connectivity index (χ4n) is 1.49. The first-order valence-corrected chi connectivity index (χ1v) is 6.96. The van der Waals surface area contributed by atoms with E-state index >= 15 is 0 Å². The van der Waals surface area contributed by atoms with Gasteiger partial charge in [0.05, 0.1) is 0 Å². The number of hydrogen-bond donors (Lipinski definition) is 2. The van der Waals surface area contributed by atoms with Crippen LogP contribution in [0.4, 0.5) is 5.69 Å². The molecule has 0 atom stereocenters. The van der Waals surface area contributed by atoms with Crippen molar-refractivity contribution in [3.63, 3.8) is 0 Å². The zero-order valence-electron chi connectivity index (χ0n) is 10.5. The van der Waals surface area contributed by atoms with Crippen LogP contribution in [0.3, 0.4) is 0 Å². The van der Waals surface area contributed by atoms with Gasteiger partial charge in [0, 0.05) is 28.2 Å². The summed E-state index contributed by atoms with van der Waals surface area (Å²) in [6.45, 7) is 0.271. The molecule has 2 rings (SSSR count). The summed E-state index contributed by atoms with van der Waals surface area (Å²) < 4.78 is 1.06. The zero-order valence-corrected chi connectivity index (χ0v) is 12.6. The molecule has 0 bridgehead atoms. The molecule has 0 unspecified atom stereocenters. The van der Waals surface area contributed by atoms with Gasteiger partial charge >= 0.3 is 11.8 Å². The summed E-state index contributed by atoms with van der Waals surface area (Å²) in [5, 5.41) is 5.07. The van der Waals surface area contributed by atoms with Crippen LogP contribution in [0.25, 0.3) is 0 Å². The van der Waals surface area contributed by atoms with Gasteiger partial charge in [0.15, 0.2) is 0 Å². The molecule has 0 fully saturated rings. The first-order chi connectivity index (χ1) is 9.65. The van der Waals surface area contributed by atoms with Crippen LogP contribution in [0.5, 0.6) is 0 Å². The number of halogens is 1. The number of nitrogens with one attached hydrogen (secondary N) is 2. The minimum Gasteiger partial charge on any atom is -0.344 e. The highest BCUT2D eigenvalue weighted by atomic mass is 127. The van der Waals surface area contributed by atoms with Crippen LogP contribution >= 0.6 is 22.6 Å². The molecule has 5 nitrogen and oxygen atoms in total. The average Bonchev–Trinajstić information content (AvgIpc) is 2.48. The maximum absolute atomic E-state index is 11.7. The molecule has 2 aromatic rings. The molecule has 1 aromatic carbocycles. The molecule has 0 spiro atoms. The highest BCUT2D eigenvalue weighted by molar-refractivity contribution is 14.1. The van der Waals surface area contributed by atoms with Crippen molar-refractivity contribution in [3.8, 4) is 0 Å². The normalized spacial score (nSPS) is 9.85. The van der Waals surface area contributed by atoms with Crippen LogP contribution in [0.15, 0.2) is 48.8 Å². The Balaban J connectivity index is 1.86. The van der Waals surface area contributed by atoms with Gasteiger partial charge in [-0.2, -0.15) is 0 Å². The number of carbonyl (C=O) groups is 2. The minimum absolute atomic E-state index is 0.271. The highest BCUT2D eigenvalue weighted by Crippen LogP contribution is 2.10. The van der Waals surface area contributed by atoms with E-state index < -0.39 is 11.8 Å². The zero-order chi connectivity index (χ0) is 14.4. The van der Waals surface area contributed by atoms with Gasteiger partial charge < -0.3 is 10.6 Å². The average molecular weight is 381 g/mol. The predicted molar refractivity (Wildman–Crippen MR) is 83.9 cm³/mol. The lowest BCUT2D eigenvalue weighted by Gasteiger charge is -2.06. The molecular formula is C14H12IN3O2. The van der Waals surface area contributed by atoms with Crippen molar-refractivity contribution < 1.29 is 9.59 Å². The van der Waals surface area contributed by atoms with E-state index in [1.807, 2.05) is 18.2 Å². The molecule has 0 saturated heterocycles. The Hall–Kier alpha value is -1.96. The van der Waals surface area contributed by atoms with Crippen molar-refractivity contribution in [2.75, 3.05) is 5.32 Å². The topological polar surface area (TPSA) is 71.1 Å². The third-order valence-corrected chi connectivity index (χ3v) is 3.20. The van der Waals surface area contributed by atoms with Gasteiger partial charge in [-0.1, -0.05) is 6.07 Å². The van der Waals surface area contributed by atoms with Crippen LogP contribution in [0.1, 0.15) is 5.56 Å². The van der Waals surface area contributed by atoms with Crippen LogP contribution in [-0.2, 0) is 16.1 Å². The summed E-state index contributed by atoms with van der Waals surface area (Å²) in [5.41, 5.74) is 1.43. The van der Waals surface area contributed by atoms with Gasteiger partial charge in [-0.15, -0.1) is 0 Å². The van der Waals surface area contributed by atoms with Crippen molar-refractivity contribution in [2.24, 2.45) is 0 Å². The van der Waals surface area contributed by atoms with Gasteiger partial charge in [-0.05, 0) is 58.5 Å². The monoisotopic (exact) mass is 381 g/mol. The van der Waals surface area contributed by atoms with Crippen molar-refractivity contribution in [2.45, 2.75) is 6.54 Å². The molecule has 0 aliphatic carbocycles. The van der Waals surface area contributed by atoms with Gasteiger partial charge in [0.2, 0.25) is 0 Å². The lowest BCUT2D eigenvalue weighted by Crippen LogP contribution is -2.34. The number of aromatic nitrogens is 1. The van der Waals surface area contributed by atoms with Crippen LogP contribution < -0.4 is 10.6 Å². The summed E-state index contributed by atoms with van der Waals surface area (Å²) in [5.74, 6) is -1.36. The summed E-state index contributed by atoms with van der Waals surface area (Å²) in [7, 11) is 0. The lowest BCUT2D eigenvalue weighted by molar-refractivity contribution is -0.136. The maximum Gasteiger partial charge on any atom is 0.313 e. The number of amides is 2. The molecule has 6 heteroatoms. The van der Waals surface area contributed by atoms with Gasteiger partial charge in [-0.3, -0.25) is 14.6 Å². The first kappa shape index (κ1) is 14.4. The van der Waals surface area contributed by atoms with Crippen LogP contribution in [0.2, 0.25) is 0 Å². The third-order valence-electron chi connectivity index (χ3n) is 2.48. The van der Waals surface area contributed by atoms with E-state index in [9.17, 15) is 9.59 Å². The standard InChI is InChI=1S/C14H12IN3O2/c15-11-3-5-12(6-4-11)18-14(20)13(19)17-9-10-2-1-7-16-8-10/h1-8H,9H2,(H,17,19)(H,18,20). The Kier molecular flexibility index (Phi) is 5.05. The largest absolute Gasteiger partial charge is 0.344 e. The van der Waals surface area contributed by atoms with Crippen LogP contribution in [-0.4, -0.2) is 16.8 Å². The van der Waals surface area contributed by atoms with E-state index in [2.05, 4.69) is 38.2 Å². The summed E-state index contributed by atoms with van der Waals surface area (Å²) in [4.78, 5) is 27.3. The van der Waals surface area contributed by atoms with Crippen molar-refractivity contribution in [1.29, 1.82) is 0 Å². The van der Waals surface area contributed by atoms with Crippen molar-refractivity contribution in [1.82, 2.24) is 10.3 Å². The minimum atomic E-state index is -0.685. The van der Waals surface area contributed by atoms with E-state index in [4.69, 9.17) is 0 Å². The Morgan fingerprint density at radius 3 is 2.50 bits per heavy atom. The Morgan fingerprint density at radius 1 is 1.10 bits per heavy atom. The van der Waals surface area contributed by atoms with E-state index in [0.29, 0.717) is 5.69 Å². The molecule has 102 valence electrons. The number of hydrogen-bond acceptors (Lipinski definition) is 3. The summed E-state index contributed by atoms with van der Waals surface area (Å²) in [6, 6.07) is 10.8. The number of nitrogens with zero attached hydrogens (tertiary/aromatic N) is 1. The molecule has 0 aliphatic heterocycles. The predicted octanol–water partition coefficient (Wildman–Crippen LogP) is 1.94. The number of anilines is 1. The molecular weight excluding hydrogens is 369 g/mol. The Labute approximate surface area is 129 Å². The number of rotatable bonds is 3. The fourth-order valence-corrected chi connectivity index (χ4v) is 1.85. The van der Waals surface area contributed by atoms with Gasteiger partial charge in [0.25, 0.3) is 0 Å². The SMILES string of the molecule is O=C(NCc1cccnc1)C(=O)Nc1ccc(I)cc1. The Morgan fingerprint density at radius 2 is 1.85 bits per heavy atom. The molecule has 2 amide bonds. The third kappa shape index (κ3) is 4.30. The number of benzene rings is 1. The molecule has 1 heterocycles. The molecule has 0 aliphatic rings. The van der Waals surface area contributed by atoms with Gasteiger partial charge in [0.1, 0.15) is 0 Å². The molecule has 2 N–H and O–H groups in total. The van der Waals surface area contributed by atoms with E-state index in [-0.39, 0.29) is 6.54 Å². The molecule has 1 aromatic heterocycles. The first-order valence-electron chi connectivity index (χ1n) is 5.89. The Bertz CT molecular complexity index is 600. The lowest BCUT2D eigenvalue weighted by atomic mass is 10.3. The maximum atomic E-state index is 11.7. The van der Waals surface area contributed by atoms with Gasteiger partial charge in [-0.25, -0.2) is 0 Å². The number of carbonyl (C=O) groups excluding carboxylic acids is 2. The van der Waals surface area contributed by atoms with E-state index in [1.165, 1.54) is 0 Å². The quantitative estimate of drug-likeness (QED) is 0.631. The second-order valence-electron chi connectivity index (χ2n) is 4.00. The fraction of sp³-hybridized carbons (Fsp3) is 0.0714. The summed E-state index contributed by atoms with van der Waals surface area (Å²) in [6.07, 6.45) is 3.28. The van der Waals surface area contributed by atoms with Crippen molar-refractivity contribution >= 4 is 40.1 Å².